The molecule has 1 amide bonds. The van der Waals surface area contributed by atoms with E-state index in [1.807, 2.05) is 0 Å². The Morgan fingerprint density at radius 2 is 2.22 bits per heavy atom. The van der Waals surface area contributed by atoms with E-state index in [2.05, 4.69) is 14.9 Å². The van der Waals surface area contributed by atoms with Gasteiger partial charge in [-0.1, -0.05) is 17.7 Å². The highest BCUT2D eigenvalue weighted by Crippen LogP contribution is 2.19. The van der Waals surface area contributed by atoms with E-state index in [1.54, 1.807) is 24.3 Å². The monoisotopic (exact) mass is 359 g/mol. The number of carbonyl (C=O) groups is 1. The van der Waals surface area contributed by atoms with Crippen LogP contribution in [0.4, 0.5) is 5.69 Å². The van der Waals surface area contributed by atoms with Crippen LogP contribution in [0, 0.1) is 0 Å². The van der Waals surface area contributed by atoms with Gasteiger partial charge in [0.2, 0.25) is 15.9 Å². The zero-order chi connectivity index (χ0) is 16.9. The Labute approximate surface area is 142 Å². The molecule has 6 nitrogen and oxygen atoms in total. The van der Waals surface area contributed by atoms with E-state index < -0.39 is 10.0 Å². The van der Waals surface area contributed by atoms with Crippen molar-refractivity contribution in [2.75, 3.05) is 31.2 Å². The van der Waals surface area contributed by atoms with E-state index in [9.17, 15) is 13.2 Å². The maximum Gasteiger partial charge on any atom is 0.225 e. The Morgan fingerprint density at radius 1 is 1.43 bits per heavy atom. The third kappa shape index (κ3) is 5.76. The smallest absolute Gasteiger partial charge is 0.225 e. The molecule has 0 aliphatic carbocycles. The van der Waals surface area contributed by atoms with Crippen molar-refractivity contribution in [1.29, 1.82) is 0 Å². The molecule has 0 radical (unpaired) electrons. The Bertz CT molecular complexity index is 651. The number of likely N-dealkylation sites (tertiary alicyclic amines) is 1. The number of hydrogen-bond donors (Lipinski definition) is 2. The minimum absolute atomic E-state index is 0.0218. The Morgan fingerprint density at radius 3 is 2.91 bits per heavy atom. The molecule has 0 bridgehead atoms. The number of hydrogen-bond acceptors (Lipinski definition) is 4. The van der Waals surface area contributed by atoms with Gasteiger partial charge in [-0.15, -0.1) is 0 Å². The molecular formula is C15H22ClN3O3S. The first kappa shape index (κ1) is 18.2. The molecule has 0 saturated carbocycles. The topological polar surface area (TPSA) is 78.5 Å². The maximum atomic E-state index is 12.0. The summed E-state index contributed by atoms with van der Waals surface area (Å²) in [6.07, 6.45) is 2.12. The quantitative estimate of drug-likeness (QED) is 0.776. The summed E-state index contributed by atoms with van der Waals surface area (Å²) in [5, 5.41) is 3.37. The molecule has 1 aromatic carbocycles. The molecule has 1 atom stereocenters. The zero-order valence-electron chi connectivity index (χ0n) is 13.1. The second-order valence-corrected chi connectivity index (χ2v) is 8.03. The van der Waals surface area contributed by atoms with Gasteiger partial charge in [-0.3, -0.25) is 9.69 Å². The van der Waals surface area contributed by atoms with Crippen molar-refractivity contribution in [2.24, 2.45) is 0 Å². The van der Waals surface area contributed by atoms with Crippen LogP contribution in [0.25, 0.3) is 0 Å². The highest BCUT2D eigenvalue weighted by molar-refractivity contribution is 7.89. The molecule has 1 aliphatic rings. The maximum absolute atomic E-state index is 12.0. The summed E-state index contributed by atoms with van der Waals surface area (Å²) >= 11 is 5.88. The van der Waals surface area contributed by atoms with Crippen molar-refractivity contribution >= 4 is 33.2 Å². The minimum atomic E-state index is -3.23. The predicted octanol–water partition coefficient (Wildman–Crippen LogP) is 1.68. The summed E-state index contributed by atoms with van der Waals surface area (Å²) in [5.74, 6) is -0.0197. The largest absolute Gasteiger partial charge is 0.326 e. The molecular weight excluding hydrogens is 338 g/mol. The predicted molar refractivity (Wildman–Crippen MR) is 92.1 cm³/mol. The fourth-order valence-corrected chi connectivity index (χ4v) is 3.99. The van der Waals surface area contributed by atoms with E-state index in [-0.39, 0.29) is 17.7 Å². The molecule has 0 aromatic heterocycles. The van der Waals surface area contributed by atoms with Gasteiger partial charge in [-0.2, -0.15) is 0 Å². The van der Waals surface area contributed by atoms with Crippen LogP contribution in [0.2, 0.25) is 5.02 Å². The van der Waals surface area contributed by atoms with E-state index in [0.29, 0.717) is 23.7 Å². The molecule has 0 spiro atoms. The first-order valence-electron chi connectivity index (χ1n) is 7.60. The summed E-state index contributed by atoms with van der Waals surface area (Å²) in [4.78, 5) is 14.1. The van der Waals surface area contributed by atoms with Crippen LogP contribution in [0.5, 0.6) is 0 Å². The van der Waals surface area contributed by atoms with Crippen LogP contribution < -0.4 is 10.0 Å². The molecule has 1 aliphatic heterocycles. The Hall–Kier alpha value is -1.15. The number of nitrogens with one attached hydrogen (secondary N) is 2. The minimum Gasteiger partial charge on any atom is -0.326 e. The fraction of sp³-hybridized carbons (Fsp3) is 0.533. The molecule has 8 heteroatoms. The second kappa shape index (κ2) is 8.10. The van der Waals surface area contributed by atoms with Gasteiger partial charge < -0.3 is 5.32 Å². The number of benzene rings is 1. The van der Waals surface area contributed by atoms with E-state index in [4.69, 9.17) is 11.6 Å². The number of halogens is 1. The van der Waals surface area contributed by atoms with Crippen molar-refractivity contribution < 1.29 is 13.2 Å². The lowest BCUT2D eigenvalue weighted by molar-refractivity contribution is -0.116. The number of sulfonamides is 1. The van der Waals surface area contributed by atoms with E-state index in [0.717, 1.165) is 19.4 Å². The van der Waals surface area contributed by atoms with Crippen molar-refractivity contribution in [2.45, 2.75) is 25.3 Å². The number of anilines is 1. The Kier molecular flexibility index (Phi) is 6.41. The molecule has 1 saturated heterocycles. The number of rotatable bonds is 7. The van der Waals surface area contributed by atoms with Gasteiger partial charge in [-0.25, -0.2) is 13.1 Å². The van der Waals surface area contributed by atoms with Crippen LogP contribution in [0.15, 0.2) is 24.3 Å². The zero-order valence-corrected chi connectivity index (χ0v) is 14.7. The normalized spacial score (nSPS) is 19.0. The van der Waals surface area contributed by atoms with Crippen LogP contribution in [-0.2, 0) is 14.8 Å². The van der Waals surface area contributed by atoms with Gasteiger partial charge in [0.25, 0.3) is 0 Å². The van der Waals surface area contributed by atoms with Gasteiger partial charge >= 0.3 is 0 Å². The SMILES string of the molecule is CNS(=O)(=O)CC1CCCN1CCC(=O)Nc1cccc(Cl)c1. The van der Waals surface area contributed by atoms with Crippen LogP contribution in [0.1, 0.15) is 19.3 Å². The summed E-state index contributed by atoms with van der Waals surface area (Å²) in [6, 6.07) is 6.97. The highest BCUT2D eigenvalue weighted by atomic mass is 35.5. The first-order chi connectivity index (χ1) is 10.9. The molecule has 1 unspecified atom stereocenters. The number of nitrogens with zero attached hydrogens (tertiary/aromatic N) is 1. The van der Waals surface area contributed by atoms with Crippen molar-refractivity contribution in [3.63, 3.8) is 0 Å². The van der Waals surface area contributed by atoms with Crippen LogP contribution in [0.3, 0.4) is 0 Å². The lowest BCUT2D eigenvalue weighted by Gasteiger charge is -2.23. The summed E-state index contributed by atoms with van der Waals surface area (Å²) in [5.41, 5.74) is 0.665. The lowest BCUT2D eigenvalue weighted by Crippen LogP contribution is -2.39. The molecule has 1 aromatic rings. The molecule has 2 rings (SSSR count). The van der Waals surface area contributed by atoms with Gasteiger partial charge in [0.05, 0.1) is 5.75 Å². The van der Waals surface area contributed by atoms with Gasteiger partial charge in [0.1, 0.15) is 0 Å². The molecule has 1 heterocycles. The molecule has 23 heavy (non-hydrogen) atoms. The summed E-state index contributed by atoms with van der Waals surface area (Å²) in [7, 11) is -1.81. The van der Waals surface area contributed by atoms with Gasteiger partial charge in [-0.05, 0) is 44.6 Å². The third-order valence-electron chi connectivity index (χ3n) is 3.96. The number of carbonyl (C=O) groups excluding carboxylic acids is 1. The first-order valence-corrected chi connectivity index (χ1v) is 9.63. The molecule has 2 N–H and O–H groups in total. The summed E-state index contributed by atoms with van der Waals surface area (Å²) in [6.45, 7) is 1.38. The number of amides is 1. The average Bonchev–Trinajstić information content (AvgIpc) is 2.91. The van der Waals surface area contributed by atoms with Gasteiger partial charge in [0.15, 0.2) is 0 Å². The standard InChI is InChI=1S/C15H22ClN3O3S/c1-17-23(21,22)11-14-6-3-8-19(14)9-7-15(20)18-13-5-2-4-12(16)10-13/h2,4-5,10,14,17H,3,6-9,11H2,1H3,(H,18,20). The fourth-order valence-electron chi connectivity index (χ4n) is 2.75. The molecule has 1 fully saturated rings. The van der Waals surface area contributed by atoms with E-state index in [1.165, 1.54) is 7.05 Å². The van der Waals surface area contributed by atoms with Crippen LogP contribution in [-0.4, -0.2) is 51.2 Å². The average molecular weight is 360 g/mol. The van der Waals surface area contributed by atoms with Crippen molar-refractivity contribution in [1.82, 2.24) is 9.62 Å². The van der Waals surface area contributed by atoms with Crippen molar-refractivity contribution in [3.8, 4) is 0 Å². The second-order valence-electron chi connectivity index (χ2n) is 5.63. The van der Waals surface area contributed by atoms with Crippen molar-refractivity contribution in [3.05, 3.63) is 29.3 Å². The third-order valence-corrected chi connectivity index (χ3v) is 5.64. The lowest BCUT2D eigenvalue weighted by atomic mass is 10.2. The van der Waals surface area contributed by atoms with Gasteiger partial charge in [0, 0.05) is 29.7 Å². The van der Waals surface area contributed by atoms with E-state index >= 15 is 0 Å². The Balaban J connectivity index is 1.83. The summed E-state index contributed by atoms with van der Waals surface area (Å²) < 4.78 is 25.7. The highest BCUT2D eigenvalue weighted by Gasteiger charge is 2.28. The molecule has 128 valence electrons. The van der Waals surface area contributed by atoms with Crippen LogP contribution >= 0.6 is 11.6 Å².